The number of nitrogens with zero attached hydrogens (tertiary/aromatic N) is 1. The molecule has 0 aliphatic carbocycles. The van der Waals surface area contributed by atoms with Gasteiger partial charge in [-0.25, -0.2) is 13.6 Å². The summed E-state index contributed by atoms with van der Waals surface area (Å²) in [6.45, 7) is 1.83. The number of aromatic amines is 1. The lowest BCUT2D eigenvalue weighted by Gasteiger charge is -2.22. The van der Waals surface area contributed by atoms with Crippen molar-refractivity contribution >= 4 is 27.8 Å². The Bertz CT molecular complexity index is 2060. The van der Waals surface area contributed by atoms with Crippen LogP contribution in [0.3, 0.4) is 0 Å². The maximum atomic E-state index is 14.2. The number of carbonyl (C=O) groups is 1. The van der Waals surface area contributed by atoms with Crippen LogP contribution in [0.5, 0.6) is 5.75 Å². The number of para-hydroxylation sites is 2. The van der Waals surface area contributed by atoms with Gasteiger partial charge in [-0.3, -0.25) is 4.79 Å². The van der Waals surface area contributed by atoms with Crippen molar-refractivity contribution in [3.8, 4) is 5.75 Å². The minimum Gasteiger partial charge on any atom is -0.507 e. The summed E-state index contributed by atoms with van der Waals surface area (Å²) in [5.74, 6) is -4.19. The molecule has 43 heavy (non-hydrogen) atoms. The number of nitrogens with one attached hydrogen (secondary N) is 1. The van der Waals surface area contributed by atoms with Gasteiger partial charge in [0.25, 0.3) is 5.56 Å². The average Bonchev–Trinajstić information content (AvgIpc) is 3.38. The number of fused-ring (bicyclic) bond motifs is 2. The van der Waals surface area contributed by atoms with E-state index in [0.717, 1.165) is 33.7 Å². The fraction of sp³-hybridized carbons (Fsp3) is 0.143. The number of aromatic nitrogens is 2. The van der Waals surface area contributed by atoms with Gasteiger partial charge >= 0.3 is 5.97 Å². The first-order valence-corrected chi connectivity index (χ1v) is 13.8. The molecule has 2 heterocycles. The monoisotopic (exact) mass is 578 g/mol. The summed E-state index contributed by atoms with van der Waals surface area (Å²) in [6, 6.07) is 25.9. The number of aromatic hydroxyl groups is 1. The van der Waals surface area contributed by atoms with E-state index in [1.165, 1.54) is 16.7 Å². The van der Waals surface area contributed by atoms with Crippen molar-refractivity contribution in [3.63, 3.8) is 0 Å². The molecule has 6 nitrogen and oxygen atoms in total. The van der Waals surface area contributed by atoms with Gasteiger partial charge in [-0.05, 0) is 48.4 Å². The third-order valence-corrected chi connectivity index (χ3v) is 7.90. The third kappa shape index (κ3) is 4.95. The van der Waals surface area contributed by atoms with Crippen molar-refractivity contribution in [2.24, 2.45) is 7.05 Å². The number of esters is 1. The van der Waals surface area contributed by atoms with Crippen molar-refractivity contribution in [2.45, 2.75) is 19.3 Å². The molecule has 6 rings (SSSR count). The maximum absolute atomic E-state index is 14.2. The van der Waals surface area contributed by atoms with E-state index >= 15 is 0 Å². The average molecular weight is 579 g/mol. The van der Waals surface area contributed by atoms with Crippen LogP contribution in [0.1, 0.15) is 44.2 Å². The van der Waals surface area contributed by atoms with Crippen molar-refractivity contribution in [1.82, 2.24) is 9.55 Å². The molecule has 8 heteroatoms. The molecule has 2 N–H and O–H groups in total. The third-order valence-electron chi connectivity index (χ3n) is 7.90. The smallest absolute Gasteiger partial charge is 0.341 e. The van der Waals surface area contributed by atoms with E-state index in [4.69, 9.17) is 4.74 Å². The van der Waals surface area contributed by atoms with Crippen LogP contribution in [0, 0.1) is 18.6 Å². The zero-order chi connectivity index (χ0) is 30.2. The molecule has 0 fully saturated rings. The Morgan fingerprint density at radius 3 is 2.40 bits per heavy atom. The summed E-state index contributed by atoms with van der Waals surface area (Å²) >= 11 is 0. The summed E-state index contributed by atoms with van der Waals surface area (Å²) in [7, 11) is 1.68. The minimum absolute atomic E-state index is 0.109. The summed E-state index contributed by atoms with van der Waals surface area (Å²) in [5.41, 5.74) is 4.00. The van der Waals surface area contributed by atoms with E-state index in [9.17, 15) is 23.5 Å². The normalized spacial score (nSPS) is 12.1. The number of ether oxygens (including phenoxy) is 1. The number of hydrogen-bond acceptors (Lipinski definition) is 4. The van der Waals surface area contributed by atoms with Crippen molar-refractivity contribution in [3.05, 3.63) is 146 Å². The summed E-state index contributed by atoms with van der Waals surface area (Å²) in [4.78, 5) is 30.1. The molecule has 0 aliphatic heterocycles. The molecule has 0 aliphatic rings. The van der Waals surface area contributed by atoms with E-state index < -0.39 is 29.1 Å². The van der Waals surface area contributed by atoms with E-state index in [1.807, 2.05) is 61.5 Å². The SMILES string of the molecule is Cc1ccc(C(c2[nH]c3ccccc3c2CCOC(=O)c2cccc(F)c2F)c2c(O)c3ccccc3n(C)c2=O)cc1. The molecular weight excluding hydrogens is 550 g/mol. The minimum atomic E-state index is -1.26. The van der Waals surface area contributed by atoms with Crippen molar-refractivity contribution < 1.29 is 23.4 Å². The topological polar surface area (TPSA) is 84.3 Å². The van der Waals surface area contributed by atoms with Gasteiger partial charge in [0.05, 0.1) is 29.2 Å². The van der Waals surface area contributed by atoms with Gasteiger partial charge in [-0.1, -0.05) is 66.2 Å². The van der Waals surface area contributed by atoms with E-state index in [1.54, 1.807) is 25.2 Å². The molecule has 0 bridgehead atoms. The van der Waals surface area contributed by atoms with Crippen LogP contribution in [0.4, 0.5) is 8.78 Å². The highest BCUT2D eigenvalue weighted by molar-refractivity contribution is 5.90. The molecule has 0 spiro atoms. The molecule has 216 valence electrons. The summed E-state index contributed by atoms with van der Waals surface area (Å²) in [5, 5.41) is 13.0. The Kier molecular flexibility index (Phi) is 7.27. The molecule has 0 saturated carbocycles. The fourth-order valence-corrected chi connectivity index (χ4v) is 5.72. The first kappa shape index (κ1) is 27.9. The predicted octanol–water partition coefficient (Wildman–Crippen LogP) is 6.89. The van der Waals surface area contributed by atoms with Crippen LogP contribution < -0.4 is 5.56 Å². The summed E-state index contributed by atoms with van der Waals surface area (Å²) in [6.07, 6.45) is 0.207. The number of hydrogen-bond donors (Lipinski definition) is 2. The van der Waals surface area contributed by atoms with Gasteiger partial charge in [0, 0.05) is 35.5 Å². The zero-order valence-electron chi connectivity index (χ0n) is 23.5. The molecular formula is C35H28F2N2O4. The van der Waals surface area contributed by atoms with Crippen molar-refractivity contribution in [1.29, 1.82) is 0 Å². The zero-order valence-corrected chi connectivity index (χ0v) is 23.5. The molecule has 1 atom stereocenters. The number of rotatable bonds is 7. The second-order valence-electron chi connectivity index (χ2n) is 10.5. The van der Waals surface area contributed by atoms with E-state index in [2.05, 4.69) is 4.98 Å². The van der Waals surface area contributed by atoms with Gasteiger partial charge in [0.2, 0.25) is 0 Å². The second kappa shape index (κ2) is 11.2. The Morgan fingerprint density at radius 2 is 1.63 bits per heavy atom. The largest absolute Gasteiger partial charge is 0.507 e. The standard InChI is InChI=1S/C35H28F2N2O4/c1-20-14-16-21(17-15-20)29(30-33(40)24-9-4-6-13-28(24)39(2)34(30)41)32-23(22-8-3-5-12-27(22)38-32)18-19-43-35(42)25-10-7-11-26(36)31(25)37/h3-17,29,38,40H,18-19H2,1-2H3. The lowest BCUT2D eigenvalue weighted by Crippen LogP contribution is -2.25. The number of pyridine rings is 1. The first-order chi connectivity index (χ1) is 20.8. The highest BCUT2D eigenvalue weighted by Crippen LogP contribution is 2.41. The van der Waals surface area contributed by atoms with Gasteiger partial charge in [0.1, 0.15) is 5.75 Å². The number of H-pyrrole nitrogens is 1. The van der Waals surface area contributed by atoms with Gasteiger partial charge in [-0.15, -0.1) is 0 Å². The van der Waals surface area contributed by atoms with E-state index in [0.29, 0.717) is 16.6 Å². The van der Waals surface area contributed by atoms with Crippen LogP contribution in [0.25, 0.3) is 21.8 Å². The number of carbonyl (C=O) groups excluding carboxylic acids is 1. The molecule has 4 aromatic carbocycles. The second-order valence-corrected chi connectivity index (χ2v) is 10.5. The highest BCUT2D eigenvalue weighted by Gasteiger charge is 2.30. The Morgan fingerprint density at radius 1 is 0.930 bits per heavy atom. The lowest BCUT2D eigenvalue weighted by atomic mass is 9.85. The number of aryl methyl sites for hydroxylation is 2. The molecule has 6 aromatic rings. The van der Waals surface area contributed by atoms with Gasteiger partial charge in [0.15, 0.2) is 11.6 Å². The fourth-order valence-electron chi connectivity index (χ4n) is 5.72. The maximum Gasteiger partial charge on any atom is 0.341 e. The van der Waals surface area contributed by atoms with Gasteiger partial charge < -0.3 is 19.4 Å². The van der Waals surface area contributed by atoms with Crippen LogP contribution in [0.15, 0.2) is 95.8 Å². The van der Waals surface area contributed by atoms with E-state index in [-0.39, 0.29) is 29.9 Å². The first-order valence-electron chi connectivity index (χ1n) is 13.8. The van der Waals surface area contributed by atoms with Crippen LogP contribution in [-0.4, -0.2) is 27.2 Å². The molecule has 2 aromatic heterocycles. The number of benzene rings is 4. The van der Waals surface area contributed by atoms with Crippen molar-refractivity contribution in [2.75, 3.05) is 6.61 Å². The molecule has 0 radical (unpaired) electrons. The molecule has 0 amide bonds. The Balaban J connectivity index is 1.50. The number of halogens is 2. The lowest BCUT2D eigenvalue weighted by molar-refractivity contribution is 0.0502. The predicted molar refractivity (Wildman–Crippen MR) is 162 cm³/mol. The Hall–Kier alpha value is -5.24. The Labute approximate surface area is 245 Å². The highest BCUT2D eigenvalue weighted by atomic mass is 19.2. The molecule has 0 saturated heterocycles. The molecule has 1 unspecified atom stereocenters. The summed E-state index contributed by atoms with van der Waals surface area (Å²) < 4.78 is 34.9. The van der Waals surface area contributed by atoms with Gasteiger partial charge in [-0.2, -0.15) is 0 Å². The van der Waals surface area contributed by atoms with Crippen LogP contribution in [0.2, 0.25) is 0 Å². The van der Waals surface area contributed by atoms with Crippen LogP contribution >= 0.6 is 0 Å². The van der Waals surface area contributed by atoms with Crippen LogP contribution in [-0.2, 0) is 18.2 Å². The quantitative estimate of drug-likeness (QED) is 0.202.